The zero-order chi connectivity index (χ0) is 18.6. The van der Waals surface area contributed by atoms with E-state index in [0.717, 1.165) is 45.1 Å². The molecule has 144 valence electrons. The summed E-state index contributed by atoms with van der Waals surface area (Å²) >= 11 is 0. The number of rotatable bonds is 5. The zero-order valence-corrected chi connectivity index (χ0v) is 15.4. The molecule has 7 heteroatoms. The number of nitrogens with zero attached hydrogens (tertiary/aromatic N) is 2. The standard InChI is InChI=1S/C20H26N4O3/c25-19(22-14-7-2-1-3-8-14)17-16-10-4-5-11-24(16)18(23-17)20(26)21-13-15-9-6-12-27-15/h4-5,10-11,14-15H,1-3,6-9,12-13H2,(H,21,26)(H,22,25). The minimum Gasteiger partial charge on any atom is -0.376 e. The van der Waals surface area contributed by atoms with Crippen molar-refractivity contribution in [2.75, 3.05) is 13.2 Å². The highest BCUT2D eigenvalue weighted by molar-refractivity contribution is 6.02. The summed E-state index contributed by atoms with van der Waals surface area (Å²) in [6, 6.07) is 5.69. The Labute approximate surface area is 158 Å². The first-order valence-corrected chi connectivity index (χ1v) is 9.90. The summed E-state index contributed by atoms with van der Waals surface area (Å²) in [4.78, 5) is 29.8. The first-order valence-electron chi connectivity index (χ1n) is 9.90. The van der Waals surface area contributed by atoms with Crippen LogP contribution in [0.15, 0.2) is 24.4 Å². The van der Waals surface area contributed by atoms with E-state index in [-0.39, 0.29) is 29.8 Å². The van der Waals surface area contributed by atoms with Crippen molar-refractivity contribution in [1.82, 2.24) is 20.0 Å². The summed E-state index contributed by atoms with van der Waals surface area (Å²) in [6.45, 7) is 1.21. The number of hydrogen-bond donors (Lipinski definition) is 2. The molecule has 1 unspecified atom stereocenters. The molecule has 1 atom stereocenters. The van der Waals surface area contributed by atoms with Crippen LogP contribution in [0.5, 0.6) is 0 Å². The molecule has 0 bridgehead atoms. The molecule has 4 rings (SSSR count). The lowest BCUT2D eigenvalue weighted by molar-refractivity contribution is 0.0848. The number of aromatic nitrogens is 2. The number of fused-ring (bicyclic) bond motifs is 1. The van der Waals surface area contributed by atoms with E-state index in [2.05, 4.69) is 15.6 Å². The van der Waals surface area contributed by atoms with Crippen molar-refractivity contribution in [2.45, 2.75) is 57.1 Å². The summed E-state index contributed by atoms with van der Waals surface area (Å²) in [7, 11) is 0. The lowest BCUT2D eigenvalue weighted by Gasteiger charge is -2.22. The van der Waals surface area contributed by atoms with Crippen LogP contribution in [-0.4, -0.2) is 46.5 Å². The smallest absolute Gasteiger partial charge is 0.287 e. The number of amides is 2. The van der Waals surface area contributed by atoms with E-state index in [1.165, 1.54) is 6.42 Å². The van der Waals surface area contributed by atoms with Crippen LogP contribution in [0.4, 0.5) is 0 Å². The second kappa shape index (κ2) is 8.08. The SMILES string of the molecule is O=C(NC1CCCCC1)c1nc(C(=O)NCC2CCCO2)n2ccccc12. The Morgan fingerprint density at radius 3 is 2.74 bits per heavy atom. The van der Waals surface area contributed by atoms with Crippen LogP contribution in [-0.2, 0) is 4.74 Å². The van der Waals surface area contributed by atoms with Gasteiger partial charge in [-0.25, -0.2) is 4.98 Å². The van der Waals surface area contributed by atoms with Crippen LogP contribution in [0.1, 0.15) is 66.1 Å². The van der Waals surface area contributed by atoms with E-state index in [0.29, 0.717) is 17.8 Å². The van der Waals surface area contributed by atoms with Gasteiger partial charge in [-0.05, 0) is 37.8 Å². The van der Waals surface area contributed by atoms with Gasteiger partial charge in [0, 0.05) is 25.4 Å². The van der Waals surface area contributed by atoms with E-state index in [1.54, 1.807) is 10.6 Å². The maximum Gasteiger partial charge on any atom is 0.287 e. The molecule has 1 aliphatic carbocycles. The third kappa shape index (κ3) is 3.98. The van der Waals surface area contributed by atoms with E-state index < -0.39 is 0 Å². The maximum atomic E-state index is 12.8. The minimum atomic E-state index is -0.289. The van der Waals surface area contributed by atoms with Crippen molar-refractivity contribution in [3.05, 3.63) is 35.9 Å². The maximum absolute atomic E-state index is 12.8. The van der Waals surface area contributed by atoms with E-state index in [4.69, 9.17) is 4.74 Å². The topological polar surface area (TPSA) is 84.7 Å². The molecule has 0 spiro atoms. The Morgan fingerprint density at radius 2 is 1.96 bits per heavy atom. The number of carbonyl (C=O) groups is 2. The Hall–Kier alpha value is -2.41. The second-order valence-corrected chi connectivity index (χ2v) is 7.39. The zero-order valence-electron chi connectivity index (χ0n) is 15.4. The first kappa shape index (κ1) is 18.0. The largest absolute Gasteiger partial charge is 0.376 e. The summed E-state index contributed by atoms with van der Waals surface area (Å²) in [5.41, 5.74) is 0.955. The highest BCUT2D eigenvalue weighted by Gasteiger charge is 2.24. The van der Waals surface area contributed by atoms with Crippen molar-refractivity contribution >= 4 is 17.3 Å². The van der Waals surface area contributed by atoms with Crippen molar-refractivity contribution in [3.63, 3.8) is 0 Å². The molecule has 1 aliphatic heterocycles. The van der Waals surface area contributed by atoms with Crippen molar-refractivity contribution in [3.8, 4) is 0 Å². The highest BCUT2D eigenvalue weighted by Crippen LogP contribution is 2.19. The van der Waals surface area contributed by atoms with Crippen molar-refractivity contribution in [2.24, 2.45) is 0 Å². The van der Waals surface area contributed by atoms with Gasteiger partial charge >= 0.3 is 0 Å². The van der Waals surface area contributed by atoms with Gasteiger partial charge in [0.25, 0.3) is 11.8 Å². The average Bonchev–Trinajstić information content (AvgIpc) is 3.35. The van der Waals surface area contributed by atoms with E-state index in [9.17, 15) is 9.59 Å². The molecule has 3 heterocycles. The Kier molecular flexibility index (Phi) is 5.38. The molecule has 2 aliphatic rings. The molecule has 0 aromatic carbocycles. The van der Waals surface area contributed by atoms with Gasteiger partial charge in [-0.15, -0.1) is 0 Å². The number of hydrogen-bond acceptors (Lipinski definition) is 4. The summed E-state index contributed by atoms with van der Waals surface area (Å²) < 4.78 is 7.23. The van der Waals surface area contributed by atoms with Gasteiger partial charge < -0.3 is 15.4 Å². The quantitative estimate of drug-likeness (QED) is 0.846. The van der Waals surface area contributed by atoms with Gasteiger partial charge in [-0.1, -0.05) is 25.3 Å². The highest BCUT2D eigenvalue weighted by atomic mass is 16.5. The molecular weight excluding hydrogens is 344 g/mol. The van der Waals surface area contributed by atoms with Gasteiger partial charge in [-0.3, -0.25) is 14.0 Å². The third-order valence-corrected chi connectivity index (χ3v) is 5.42. The molecule has 1 saturated carbocycles. The molecule has 2 fully saturated rings. The van der Waals surface area contributed by atoms with Crippen LogP contribution in [0.2, 0.25) is 0 Å². The lowest BCUT2D eigenvalue weighted by Crippen LogP contribution is -2.36. The van der Waals surface area contributed by atoms with Crippen LogP contribution in [0.3, 0.4) is 0 Å². The number of imidazole rings is 1. The average molecular weight is 370 g/mol. The van der Waals surface area contributed by atoms with E-state index >= 15 is 0 Å². The second-order valence-electron chi connectivity index (χ2n) is 7.39. The predicted molar refractivity (Wildman–Crippen MR) is 101 cm³/mol. The van der Waals surface area contributed by atoms with Crippen molar-refractivity contribution in [1.29, 1.82) is 0 Å². The molecular formula is C20H26N4O3. The fourth-order valence-corrected chi connectivity index (χ4v) is 3.96. The first-order chi connectivity index (χ1) is 13.2. The Balaban J connectivity index is 1.52. The Bertz CT molecular complexity index is 820. The molecule has 7 nitrogen and oxygen atoms in total. The minimum absolute atomic E-state index is 0.0641. The summed E-state index contributed by atoms with van der Waals surface area (Å²) in [6.07, 6.45) is 9.34. The van der Waals surface area contributed by atoms with Gasteiger partial charge in [0.1, 0.15) is 0 Å². The van der Waals surface area contributed by atoms with Crippen LogP contribution in [0.25, 0.3) is 5.52 Å². The van der Waals surface area contributed by atoms with Gasteiger partial charge in [0.2, 0.25) is 5.82 Å². The summed E-state index contributed by atoms with van der Waals surface area (Å²) in [5, 5.41) is 5.98. The van der Waals surface area contributed by atoms with Gasteiger partial charge in [-0.2, -0.15) is 0 Å². The number of ether oxygens (including phenoxy) is 1. The molecule has 0 radical (unpaired) electrons. The van der Waals surface area contributed by atoms with E-state index in [1.807, 2.05) is 18.2 Å². The molecule has 2 N–H and O–H groups in total. The van der Waals surface area contributed by atoms with Crippen LogP contribution in [0, 0.1) is 0 Å². The van der Waals surface area contributed by atoms with Crippen molar-refractivity contribution < 1.29 is 14.3 Å². The molecule has 1 saturated heterocycles. The number of carbonyl (C=O) groups excluding carboxylic acids is 2. The molecule has 2 amide bonds. The van der Waals surface area contributed by atoms with Gasteiger partial charge in [0.05, 0.1) is 11.6 Å². The lowest BCUT2D eigenvalue weighted by atomic mass is 9.95. The van der Waals surface area contributed by atoms with Crippen LogP contribution < -0.4 is 10.6 Å². The molecule has 2 aromatic rings. The number of nitrogens with one attached hydrogen (secondary N) is 2. The normalized spacial score (nSPS) is 20.7. The fourth-order valence-electron chi connectivity index (χ4n) is 3.96. The third-order valence-electron chi connectivity index (χ3n) is 5.42. The predicted octanol–water partition coefficient (Wildman–Crippen LogP) is 2.31. The fraction of sp³-hybridized carbons (Fsp3) is 0.550. The summed E-state index contributed by atoms with van der Waals surface area (Å²) in [5.74, 6) is -0.260. The van der Waals surface area contributed by atoms with Crippen LogP contribution >= 0.6 is 0 Å². The monoisotopic (exact) mass is 370 g/mol. The van der Waals surface area contributed by atoms with Gasteiger partial charge in [0.15, 0.2) is 5.69 Å². The number of pyridine rings is 1. The molecule has 27 heavy (non-hydrogen) atoms. The Morgan fingerprint density at radius 1 is 1.11 bits per heavy atom. The molecule has 2 aromatic heterocycles.